The van der Waals surface area contributed by atoms with Gasteiger partial charge in [0, 0.05) is 0 Å². The molecule has 0 spiro atoms. The number of primary amides is 1. The zero-order valence-corrected chi connectivity index (χ0v) is 4.21. The van der Waals surface area contributed by atoms with Gasteiger partial charge < -0.3 is 21.8 Å². The summed E-state index contributed by atoms with van der Waals surface area (Å²) in [5, 5.41) is 8.67. The third kappa shape index (κ3) is 31.1. The lowest BCUT2D eigenvalue weighted by Crippen LogP contribution is -2.29. The normalized spacial score (nSPS) is 4.00. The predicted molar refractivity (Wildman–Crippen MR) is 20.6 cm³/mol. The van der Waals surface area contributed by atoms with E-state index in [1.54, 1.807) is 0 Å². The minimum atomic E-state index is -1.58. The van der Waals surface area contributed by atoms with Gasteiger partial charge in [-0.2, -0.15) is 9.59 Å². The number of hydrogen-bond acceptors (Lipinski definition) is 4. The summed E-state index contributed by atoms with van der Waals surface area (Å²) >= 11 is 0. The molecule has 0 aromatic heterocycles. The molecule has 0 fully saturated rings. The molecule has 0 aliphatic heterocycles. The molecule has 0 bridgehead atoms. The average Bonchev–Trinajstić information content (AvgIpc) is 1.33. The van der Waals surface area contributed by atoms with Gasteiger partial charge in [0.2, 0.25) is 0 Å². The highest BCUT2D eigenvalue weighted by Crippen LogP contribution is 1.23. The maximum atomic E-state index is 8.67. The Bertz CT molecular complexity index is 80.0. The number of rotatable bonds is 0. The van der Waals surface area contributed by atoms with E-state index < -0.39 is 6.09 Å². The van der Waals surface area contributed by atoms with Crippen LogP contribution in [0, 0.1) is 0 Å². The van der Waals surface area contributed by atoms with Crippen LogP contribution < -0.4 is 17.0 Å². The molecule has 0 saturated carbocycles. The van der Waals surface area contributed by atoms with Crippen LogP contribution in [0.2, 0.25) is 0 Å². The minimum absolute atomic E-state index is 0. The first-order chi connectivity index (χ1) is 3.15. The Morgan fingerprint density at radius 3 is 1.50 bits per heavy atom. The molecule has 0 atom stereocenters. The van der Waals surface area contributed by atoms with E-state index in [0.717, 1.165) is 0 Å². The summed E-state index contributed by atoms with van der Waals surface area (Å²) in [6, 6.07) is 0. The van der Waals surface area contributed by atoms with Gasteiger partial charge in [-0.25, -0.2) is 0 Å². The second-order valence-electron chi connectivity index (χ2n) is 0.402. The highest BCUT2D eigenvalue weighted by molar-refractivity contribution is 5.58. The van der Waals surface area contributed by atoms with Crippen molar-refractivity contribution in [2.75, 3.05) is 0 Å². The van der Waals surface area contributed by atoms with E-state index in [2.05, 4.69) is 5.73 Å². The van der Waals surface area contributed by atoms with Crippen LogP contribution in [0.4, 0.5) is 4.79 Å². The summed E-state index contributed by atoms with van der Waals surface area (Å²) in [6.45, 7) is 0. The average molecular weight is 122 g/mol. The van der Waals surface area contributed by atoms with Gasteiger partial charge in [0.25, 0.3) is 0 Å². The maximum absolute atomic E-state index is 8.67. The molecular weight excluding hydrogens is 116 g/mol. The van der Waals surface area contributed by atoms with Crippen molar-refractivity contribution in [3.8, 4) is 0 Å². The Hall–Kier alpha value is -1.39. The van der Waals surface area contributed by atoms with E-state index in [0.29, 0.717) is 0 Å². The first-order valence-corrected chi connectivity index (χ1v) is 1.11. The molecule has 6 heteroatoms. The molecule has 0 radical (unpaired) electrons. The lowest BCUT2D eigenvalue weighted by atomic mass is 11.3. The maximum Gasteiger partial charge on any atom is 0.373 e. The molecule has 0 aliphatic rings. The Kier molecular flexibility index (Phi) is 34.9. The van der Waals surface area contributed by atoms with Gasteiger partial charge in [0.1, 0.15) is 6.09 Å². The number of carbonyl (C=O) groups excluding carboxylic acids is 3. The molecule has 0 aromatic carbocycles. The Balaban J connectivity index is -0.0000000575. The summed E-state index contributed by atoms with van der Waals surface area (Å²) in [6.07, 6.45) is -1.33. The minimum Gasteiger partial charge on any atom is -0.530 e. The standard InChI is InChI=1S/CH3NO2.CO2.H3N/c2-1(3)4;2-1-3;/h2H2,(H,3,4);;1H3. The molecule has 0 rings (SSSR count). The van der Waals surface area contributed by atoms with Gasteiger partial charge in [-0.1, -0.05) is 0 Å². The van der Waals surface area contributed by atoms with Gasteiger partial charge >= 0.3 is 6.15 Å². The van der Waals surface area contributed by atoms with Crippen LogP contribution >= 0.6 is 0 Å². The fourth-order valence-corrected chi connectivity index (χ4v) is 0. The molecule has 0 aliphatic carbocycles. The second-order valence-corrected chi connectivity index (χ2v) is 0.402. The third-order valence-corrected chi connectivity index (χ3v) is 0. The molecule has 0 unspecified atom stereocenters. The molecule has 0 saturated heterocycles. The molecule has 0 heterocycles. The van der Waals surface area contributed by atoms with E-state index in [4.69, 9.17) is 19.5 Å². The summed E-state index contributed by atoms with van der Waals surface area (Å²) in [5.74, 6) is 0. The lowest BCUT2D eigenvalue weighted by Gasteiger charge is -1.78. The highest BCUT2D eigenvalue weighted by Gasteiger charge is 1.44. The molecule has 1 amide bonds. The van der Waals surface area contributed by atoms with Gasteiger partial charge in [0.15, 0.2) is 0 Å². The van der Waals surface area contributed by atoms with Crippen LogP contribution in [0.5, 0.6) is 0 Å². The number of carbonyl (C=O) groups is 1. The number of amides is 1. The van der Waals surface area contributed by atoms with Crippen molar-refractivity contribution in [2.45, 2.75) is 0 Å². The quantitative estimate of drug-likeness (QED) is 0.386. The smallest absolute Gasteiger partial charge is 0.373 e. The van der Waals surface area contributed by atoms with Crippen molar-refractivity contribution in [1.29, 1.82) is 0 Å². The van der Waals surface area contributed by atoms with Crippen LogP contribution in [0.3, 0.4) is 0 Å². The van der Waals surface area contributed by atoms with Gasteiger partial charge in [-0.3, -0.25) is 0 Å². The van der Waals surface area contributed by atoms with E-state index in [1.807, 2.05) is 0 Å². The van der Waals surface area contributed by atoms with Crippen LogP contribution in [0.25, 0.3) is 0 Å². The topological polar surface area (TPSA) is 137 Å². The second kappa shape index (κ2) is 17.5. The number of nitrogens with two attached hydrogens (primary N) is 1. The molecule has 6 nitrogen and oxygen atoms in total. The SMILES string of the molecule is NC(=O)[O-].O=C=O.[NH4+]. The Morgan fingerprint density at radius 1 is 1.50 bits per heavy atom. The fourth-order valence-electron chi connectivity index (χ4n) is 0. The summed E-state index contributed by atoms with van der Waals surface area (Å²) in [4.78, 5) is 24.9. The molecule has 0 aromatic rings. The lowest BCUT2D eigenvalue weighted by molar-refractivity contribution is -0.245. The molecular formula is C2H6N2O4. The first-order valence-electron chi connectivity index (χ1n) is 1.11. The first kappa shape index (κ1) is 16.0. The van der Waals surface area contributed by atoms with Crippen molar-refractivity contribution in [2.24, 2.45) is 5.73 Å². The van der Waals surface area contributed by atoms with Crippen LogP contribution in [0.1, 0.15) is 0 Å². The van der Waals surface area contributed by atoms with Gasteiger partial charge in [-0.15, -0.1) is 0 Å². The largest absolute Gasteiger partial charge is 0.530 e. The molecule has 8 heavy (non-hydrogen) atoms. The van der Waals surface area contributed by atoms with E-state index in [-0.39, 0.29) is 12.3 Å². The van der Waals surface area contributed by atoms with Gasteiger partial charge in [0.05, 0.1) is 0 Å². The van der Waals surface area contributed by atoms with Crippen LogP contribution in [-0.2, 0) is 9.59 Å². The number of carboxylic acid groups (broad SMARTS) is 1. The van der Waals surface area contributed by atoms with Crippen molar-refractivity contribution in [1.82, 2.24) is 6.15 Å². The van der Waals surface area contributed by atoms with Crippen molar-refractivity contribution >= 4 is 12.2 Å². The third-order valence-electron chi connectivity index (χ3n) is 0. The van der Waals surface area contributed by atoms with Crippen LogP contribution in [0.15, 0.2) is 0 Å². The van der Waals surface area contributed by atoms with Gasteiger partial charge in [-0.05, 0) is 0 Å². The summed E-state index contributed by atoms with van der Waals surface area (Å²) < 4.78 is 0. The molecule has 6 N–H and O–H groups in total. The van der Waals surface area contributed by atoms with E-state index in [9.17, 15) is 0 Å². The van der Waals surface area contributed by atoms with Crippen molar-refractivity contribution in [3.05, 3.63) is 0 Å². The Morgan fingerprint density at radius 2 is 1.50 bits per heavy atom. The van der Waals surface area contributed by atoms with E-state index in [1.165, 1.54) is 0 Å². The zero-order chi connectivity index (χ0) is 6.28. The molecule has 48 valence electrons. The van der Waals surface area contributed by atoms with E-state index >= 15 is 0 Å². The predicted octanol–water partition coefficient (Wildman–Crippen LogP) is -1.92. The highest BCUT2D eigenvalue weighted by atomic mass is 16.4. The van der Waals surface area contributed by atoms with Crippen molar-refractivity contribution < 1.29 is 19.5 Å². The number of quaternary nitrogens is 1. The van der Waals surface area contributed by atoms with Crippen molar-refractivity contribution in [3.63, 3.8) is 0 Å². The Labute approximate surface area is 44.9 Å². The monoisotopic (exact) mass is 122 g/mol. The van der Waals surface area contributed by atoms with Crippen LogP contribution in [-0.4, -0.2) is 12.2 Å². The summed E-state index contributed by atoms with van der Waals surface area (Å²) in [7, 11) is 0. The summed E-state index contributed by atoms with van der Waals surface area (Å²) in [5.41, 5.74) is 3.92. The zero-order valence-electron chi connectivity index (χ0n) is 4.21. The fraction of sp³-hybridized carbons (Fsp3) is 0. The number of hydrogen-bond donors (Lipinski definition) is 2.